The first kappa shape index (κ1) is 17.4. The number of non-ortho nitro benzene ring substituents is 1. The lowest BCUT2D eigenvalue weighted by atomic mass is 10.2. The minimum Gasteiger partial charge on any atom is -0.448 e. The standard InChI is InChI=1S/C19H14N4O5/c1-11-6-7-12(23(26)27)8-14(11)21-16(24)9-22-10-20-17-13-4-2-3-5-15(13)28-18(17)19(22)25/h2-8,10H,9H2,1H3,(H,21,24). The number of anilines is 1. The van der Waals surface area contributed by atoms with Gasteiger partial charge in [0.15, 0.2) is 0 Å². The molecule has 0 bridgehead atoms. The molecule has 1 N–H and O–H groups in total. The molecule has 0 saturated heterocycles. The number of furan rings is 1. The number of carbonyl (C=O) groups is 1. The van der Waals surface area contributed by atoms with Gasteiger partial charge in [0.05, 0.1) is 16.9 Å². The monoisotopic (exact) mass is 378 g/mol. The highest BCUT2D eigenvalue weighted by Gasteiger charge is 2.16. The van der Waals surface area contributed by atoms with E-state index >= 15 is 0 Å². The highest BCUT2D eigenvalue weighted by molar-refractivity contribution is 6.01. The van der Waals surface area contributed by atoms with Gasteiger partial charge >= 0.3 is 0 Å². The lowest BCUT2D eigenvalue weighted by Gasteiger charge is -2.09. The van der Waals surface area contributed by atoms with E-state index in [9.17, 15) is 19.7 Å². The topological polar surface area (TPSA) is 120 Å². The number of nitrogens with zero attached hydrogens (tertiary/aromatic N) is 3. The molecule has 4 aromatic rings. The van der Waals surface area contributed by atoms with Crippen LogP contribution in [0.25, 0.3) is 22.1 Å². The van der Waals surface area contributed by atoms with Gasteiger partial charge in [0.1, 0.15) is 17.6 Å². The maximum atomic E-state index is 12.7. The van der Waals surface area contributed by atoms with Crippen molar-refractivity contribution in [1.29, 1.82) is 0 Å². The largest absolute Gasteiger partial charge is 0.448 e. The quantitative estimate of drug-likeness (QED) is 0.430. The van der Waals surface area contributed by atoms with E-state index in [2.05, 4.69) is 10.3 Å². The van der Waals surface area contributed by atoms with Crippen molar-refractivity contribution in [3.8, 4) is 0 Å². The van der Waals surface area contributed by atoms with E-state index in [1.807, 2.05) is 6.07 Å². The molecule has 0 radical (unpaired) electrons. The molecular weight excluding hydrogens is 364 g/mol. The normalized spacial score (nSPS) is 11.0. The van der Waals surface area contributed by atoms with Crippen LogP contribution in [0.2, 0.25) is 0 Å². The molecule has 4 rings (SSSR count). The van der Waals surface area contributed by atoms with Crippen molar-refractivity contribution in [3.63, 3.8) is 0 Å². The second kappa shape index (κ2) is 6.62. The number of nitro groups is 1. The Kier molecular flexibility index (Phi) is 4.11. The van der Waals surface area contributed by atoms with E-state index in [1.165, 1.54) is 18.5 Å². The zero-order chi connectivity index (χ0) is 19.8. The third-order valence-corrected chi connectivity index (χ3v) is 4.37. The summed E-state index contributed by atoms with van der Waals surface area (Å²) in [6, 6.07) is 11.3. The Balaban J connectivity index is 1.63. The summed E-state index contributed by atoms with van der Waals surface area (Å²) in [4.78, 5) is 39.6. The van der Waals surface area contributed by atoms with Crippen molar-refractivity contribution in [1.82, 2.24) is 9.55 Å². The molecule has 0 spiro atoms. The SMILES string of the molecule is Cc1ccc([N+](=O)[O-])cc1NC(=O)Cn1cnc2c(oc3ccccc32)c1=O. The third kappa shape index (κ3) is 2.98. The average Bonchev–Trinajstić information content (AvgIpc) is 3.05. The van der Waals surface area contributed by atoms with Gasteiger partial charge in [-0.2, -0.15) is 0 Å². The fraction of sp³-hybridized carbons (Fsp3) is 0.105. The maximum absolute atomic E-state index is 12.7. The minimum atomic E-state index is -0.543. The smallest absolute Gasteiger partial charge is 0.297 e. The lowest BCUT2D eigenvalue weighted by molar-refractivity contribution is -0.384. The van der Waals surface area contributed by atoms with Gasteiger partial charge in [-0.25, -0.2) is 4.98 Å². The molecule has 2 heterocycles. The molecule has 0 fully saturated rings. The van der Waals surface area contributed by atoms with E-state index in [1.54, 1.807) is 31.2 Å². The fourth-order valence-corrected chi connectivity index (χ4v) is 2.93. The van der Waals surface area contributed by atoms with Crippen molar-refractivity contribution < 1.29 is 14.1 Å². The van der Waals surface area contributed by atoms with Gasteiger partial charge in [-0.3, -0.25) is 24.3 Å². The van der Waals surface area contributed by atoms with Gasteiger partial charge in [-0.1, -0.05) is 18.2 Å². The van der Waals surface area contributed by atoms with Crippen LogP contribution in [0.15, 0.2) is 58.0 Å². The fourth-order valence-electron chi connectivity index (χ4n) is 2.93. The van der Waals surface area contributed by atoms with Crippen LogP contribution >= 0.6 is 0 Å². The molecule has 0 aliphatic heterocycles. The number of amides is 1. The van der Waals surface area contributed by atoms with Gasteiger partial charge < -0.3 is 9.73 Å². The average molecular weight is 378 g/mol. The van der Waals surface area contributed by atoms with Crippen LogP contribution in [-0.2, 0) is 11.3 Å². The minimum absolute atomic E-state index is 0.0722. The van der Waals surface area contributed by atoms with Gasteiger partial charge in [0.25, 0.3) is 11.2 Å². The Morgan fingerprint density at radius 2 is 2.07 bits per heavy atom. The number of nitro benzene ring substituents is 1. The summed E-state index contributed by atoms with van der Waals surface area (Å²) in [7, 11) is 0. The predicted octanol–water partition coefficient (Wildman–Crippen LogP) is 3.00. The molecule has 9 nitrogen and oxygen atoms in total. The van der Waals surface area contributed by atoms with Crippen molar-refractivity contribution in [2.45, 2.75) is 13.5 Å². The number of benzene rings is 2. The number of para-hydroxylation sites is 1. The van der Waals surface area contributed by atoms with E-state index in [4.69, 9.17) is 4.42 Å². The number of hydrogen-bond donors (Lipinski definition) is 1. The highest BCUT2D eigenvalue weighted by atomic mass is 16.6. The summed E-state index contributed by atoms with van der Waals surface area (Å²) >= 11 is 0. The predicted molar refractivity (Wildman–Crippen MR) is 102 cm³/mol. The molecule has 9 heteroatoms. The first-order valence-electron chi connectivity index (χ1n) is 8.35. The van der Waals surface area contributed by atoms with E-state index < -0.39 is 16.4 Å². The molecule has 2 aromatic carbocycles. The lowest BCUT2D eigenvalue weighted by Crippen LogP contribution is -2.27. The molecule has 0 atom stereocenters. The summed E-state index contributed by atoms with van der Waals surface area (Å²) in [5, 5.41) is 14.2. The second-order valence-corrected chi connectivity index (χ2v) is 6.26. The Labute approximate surface area is 157 Å². The van der Waals surface area contributed by atoms with Crippen molar-refractivity contribution in [2.24, 2.45) is 0 Å². The van der Waals surface area contributed by atoms with Crippen molar-refractivity contribution in [3.05, 3.63) is 74.8 Å². The van der Waals surface area contributed by atoms with Crippen molar-refractivity contribution >= 4 is 39.4 Å². The molecule has 28 heavy (non-hydrogen) atoms. The Bertz CT molecular complexity index is 1300. The number of fused-ring (bicyclic) bond motifs is 3. The molecule has 2 aromatic heterocycles. The van der Waals surface area contributed by atoms with Gasteiger partial charge in [0, 0.05) is 17.5 Å². The van der Waals surface area contributed by atoms with Crippen LogP contribution in [0, 0.1) is 17.0 Å². The Morgan fingerprint density at radius 1 is 1.29 bits per heavy atom. The molecule has 0 saturated carbocycles. The van der Waals surface area contributed by atoms with Gasteiger partial charge in [-0.15, -0.1) is 0 Å². The van der Waals surface area contributed by atoms with Crippen LogP contribution in [0.1, 0.15) is 5.56 Å². The Morgan fingerprint density at radius 3 is 2.86 bits per heavy atom. The van der Waals surface area contributed by atoms with E-state index in [0.717, 1.165) is 9.95 Å². The zero-order valence-electron chi connectivity index (χ0n) is 14.7. The van der Waals surface area contributed by atoms with Crippen LogP contribution in [0.4, 0.5) is 11.4 Å². The maximum Gasteiger partial charge on any atom is 0.297 e. The van der Waals surface area contributed by atoms with E-state index in [0.29, 0.717) is 22.4 Å². The molecular formula is C19H14N4O5. The number of carbonyl (C=O) groups excluding carboxylic acids is 1. The molecule has 0 aliphatic carbocycles. The highest BCUT2D eigenvalue weighted by Crippen LogP contribution is 2.24. The Hall–Kier alpha value is -4.01. The second-order valence-electron chi connectivity index (χ2n) is 6.26. The summed E-state index contributed by atoms with van der Waals surface area (Å²) in [6.45, 7) is 1.41. The van der Waals surface area contributed by atoms with Gasteiger partial charge in [-0.05, 0) is 24.6 Å². The molecule has 0 aliphatic rings. The van der Waals surface area contributed by atoms with Crippen LogP contribution < -0.4 is 10.9 Å². The van der Waals surface area contributed by atoms with E-state index in [-0.39, 0.29) is 17.8 Å². The van der Waals surface area contributed by atoms with Gasteiger partial charge in [0.2, 0.25) is 11.5 Å². The molecule has 0 unspecified atom stereocenters. The van der Waals surface area contributed by atoms with Crippen LogP contribution in [0.5, 0.6) is 0 Å². The summed E-state index contributed by atoms with van der Waals surface area (Å²) < 4.78 is 6.71. The third-order valence-electron chi connectivity index (χ3n) is 4.37. The molecule has 1 amide bonds. The summed E-state index contributed by atoms with van der Waals surface area (Å²) in [5.41, 5.74) is 1.41. The number of aryl methyl sites for hydroxylation is 1. The zero-order valence-corrected chi connectivity index (χ0v) is 14.7. The summed E-state index contributed by atoms with van der Waals surface area (Å²) in [5.74, 6) is -0.511. The summed E-state index contributed by atoms with van der Waals surface area (Å²) in [6.07, 6.45) is 1.28. The first-order chi connectivity index (χ1) is 13.4. The number of rotatable bonds is 4. The number of aromatic nitrogens is 2. The number of hydrogen-bond acceptors (Lipinski definition) is 6. The first-order valence-corrected chi connectivity index (χ1v) is 8.35. The van der Waals surface area contributed by atoms with Crippen LogP contribution in [-0.4, -0.2) is 20.4 Å². The van der Waals surface area contributed by atoms with Crippen LogP contribution in [0.3, 0.4) is 0 Å². The number of nitrogens with one attached hydrogen (secondary N) is 1. The van der Waals surface area contributed by atoms with Crippen molar-refractivity contribution in [2.75, 3.05) is 5.32 Å². The molecule has 140 valence electrons.